The zero-order valence-electron chi connectivity index (χ0n) is 18.5. The SMILES string of the molecule is COc1ccc2c(c1OC)C(=O)N1[C@H](C(=O)NC3CC(C)(C)NC(C)(C)C3)CS[C@@H]21. The molecule has 2 amide bonds. The highest BCUT2D eigenvalue weighted by Crippen LogP contribution is 2.52. The summed E-state index contributed by atoms with van der Waals surface area (Å²) >= 11 is 1.63. The number of nitrogens with zero attached hydrogens (tertiary/aromatic N) is 1. The Bertz CT molecular complexity index is 869. The normalized spacial score (nSPS) is 26.9. The Morgan fingerprint density at radius 1 is 1.17 bits per heavy atom. The lowest BCUT2D eigenvalue weighted by molar-refractivity contribution is -0.126. The highest BCUT2D eigenvalue weighted by atomic mass is 32.2. The Morgan fingerprint density at radius 2 is 1.83 bits per heavy atom. The van der Waals surface area contributed by atoms with Gasteiger partial charge in [-0.2, -0.15) is 0 Å². The third-order valence-corrected chi connectivity index (χ3v) is 7.44. The van der Waals surface area contributed by atoms with E-state index in [-0.39, 0.29) is 34.3 Å². The molecule has 3 aliphatic heterocycles. The number of nitrogens with one attached hydrogen (secondary N) is 2. The molecule has 0 bridgehead atoms. The van der Waals surface area contributed by atoms with E-state index in [1.807, 2.05) is 12.1 Å². The van der Waals surface area contributed by atoms with Gasteiger partial charge in [0.2, 0.25) is 5.91 Å². The van der Waals surface area contributed by atoms with Crippen LogP contribution in [0, 0.1) is 0 Å². The lowest BCUT2D eigenvalue weighted by Gasteiger charge is -2.46. The van der Waals surface area contributed by atoms with Gasteiger partial charge in [-0.25, -0.2) is 0 Å². The topological polar surface area (TPSA) is 79.9 Å². The first-order chi connectivity index (χ1) is 14.1. The molecule has 2 atom stereocenters. The summed E-state index contributed by atoms with van der Waals surface area (Å²) in [6, 6.07) is 3.31. The second kappa shape index (κ2) is 7.34. The molecule has 8 heteroatoms. The van der Waals surface area contributed by atoms with E-state index < -0.39 is 6.04 Å². The quantitative estimate of drug-likeness (QED) is 0.760. The zero-order chi connectivity index (χ0) is 21.8. The number of amides is 2. The number of methoxy groups -OCH3 is 2. The molecular formula is C22H31N3O4S. The van der Waals surface area contributed by atoms with Crippen molar-refractivity contribution < 1.29 is 19.1 Å². The van der Waals surface area contributed by atoms with Crippen LogP contribution in [0.15, 0.2) is 12.1 Å². The van der Waals surface area contributed by atoms with E-state index in [2.05, 4.69) is 38.3 Å². The number of carbonyl (C=O) groups is 2. The molecule has 0 spiro atoms. The Balaban J connectivity index is 1.55. The maximum absolute atomic E-state index is 13.3. The van der Waals surface area contributed by atoms with Crippen molar-refractivity contribution in [2.24, 2.45) is 0 Å². The Labute approximate surface area is 182 Å². The number of hydrogen-bond acceptors (Lipinski definition) is 6. The number of fused-ring (bicyclic) bond motifs is 3. The highest BCUT2D eigenvalue weighted by Gasteiger charge is 2.51. The average Bonchev–Trinajstić information content (AvgIpc) is 3.18. The summed E-state index contributed by atoms with van der Waals surface area (Å²) in [7, 11) is 3.09. The summed E-state index contributed by atoms with van der Waals surface area (Å²) < 4.78 is 10.8. The van der Waals surface area contributed by atoms with Crippen LogP contribution >= 0.6 is 11.8 Å². The van der Waals surface area contributed by atoms with Crippen LogP contribution in [0.5, 0.6) is 11.5 Å². The van der Waals surface area contributed by atoms with Gasteiger partial charge in [0.15, 0.2) is 11.5 Å². The first-order valence-electron chi connectivity index (χ1n) is 10.4. The zero-order valence-corrected chi connectivity index (χ0v) is 19.3. The van der Waals surface area contributed by atoms with Gasteiger partial charge in [0.25, 0.3) is 5.91 Å². The van der Waals surface area contributed by atoms with Crippen LogP contribution < -0.4 is 20.1 Å². The molecule has 0 aromatic heterocycles. The fraction of sp³-hybridized carbons (Fsp3) is 0.636. The number of ether oxygens (including phenoxy) is 2. The van der Waals surface area contributed by atoms with E-state index in [0.29, 0.717) is 22.8 Å². The molecule has 0 saturated carbocycles. The molecular weight excluding hydrogens is 402 g/mol. The van der Waals surface area contributed by atoms with Crippen molar-refractivity contribution in [1.82, 2.24) is 15.5 Å². The molecule has 2 fully saturated rings. The largest absolute Gasteiger partial charge is 0.493 e. The molecule has 3 aliphatic rings. The minimum Gasteiger partial charge on any atom is -0.493 e. The standard InChI is InChI=1S/C22H31N3O4S/c1-21(2)9-12(10-22(3,4)24-21)23-18(26)14-11-30-20-13-7-8-15(28-5)17(29-6)16(13)19(27)25(14)20/h7-8,12,14,20,24H,9-11H2,1-6H3,(H,23,26)/t14-,20-/m0/s1. The van der Waals surface area contributed by atoms with E-state index in [4.69, 9.17) is 9.47 Å². The van der Waals surface area contributed by atoms with Crippen molar-refractivity contribution in [1.29, 1.82) is 0 Å². The first-order valence-corrected chi connectivity index (χ1v) is 11.4. The monoisotopic (exact) mass is 433 g/mol. The van der Waals surface area contributed by atoms with E-state index in [9.17, 15) is 9.59 Å². The van der Waals surface area contributed by atoms with Gasteiger partial charge in [-0.1, -0.05) is 6.07 Å². The van der Waals surface area contributed by atoms with Crippen LogP contribution in [-0.2, 0) is 4.79 Å². The third-order valence-electron chi connectivity index (χ3n) is 6.13. The van der Waals surface area contributed by atoms with Gasteiger partial charge in [0, 0.05) is 28.4 Å². The van der Waals surface area contributed by atoms with Gasteiger partial charge in [-0.15, -0.1) is 11.8 Å². The summed E-state index contributed by atoms with van der Waals surface area (Å²) in [5, 5.41) is 6.72. The van der Waals surface area contributed by atoms with Gasteiger partial charge in [0.1, 0.15) is 11.4 Å². The minimum atomic E-state index is -0.489. The molecule has 1 aromatic rings. The average molecular weight is 434 g/mol. The lowest BCUT2D eigenvalue weighted by Crippen LogP contribution is -2.63. The fourth-order valence-electron chi connectivity index (χ4n) is 5.42. The van der Waals surface area contributed by atoms with Crippen LogP contribution in [0.4, 0.5) is 0 Å². The van der Waals surface area contributed by atoms with Crippen LogP contribution in [-0.4, -0.2) is 59.8 Å². The molecule has 1 aromatic carbocycles. The van der Waals surface area contributed by atoms with Gasteiger partial charge >= 0.3 is 0 Å². The van der Waals surface area contributed by atoms with Gasteiger partial charge in [-0.3, -0.25) is 9.59 Å². The number of hydrogen-bond donors (Lipinski definition) is 2. The molecule has 2 N–H and O–H groups in total. The van der Waals surface area contributed by atoms with Crippen LogP contribution in [0.1, 0.15) is 61.8 Å². The summed E-state index contributed by atoms with van der Waals surface area (Å²) in [5.74, 6) is 1.32. The second-order valence-corrected chi connectivity index (χ2v) is 10.8. The Kier molecular flexibility index (Phi) is 5.21. The van der Waals surface area contributed by atoms with Crippen LogP contribution in [0.3, 0.4) is 0 Å². The summed E-state index contributed by atoms with van der Waals surface area (Å²) in [4.78, 5) is 28.3. The Morgan fingerprint density at radius 3 is 2.43 bits per heavy atom. The molecule has 2 saturated heterocycles. The van der Waals surface area contributed by atoms with Gasteiger partial charge in [-0.05, 0) is 46.6 Å². The molecule has 0 unspecified atom stereocenters. The predicted octanol–water partition coefficient (Wildman–Crippen LogP) is 2.70. The smallest absolute Gasteiger partial charge is 0.260 e. The van der Waals surface area contributed by atoms with Crippen LogP contribution in [0.2, 0.25) is 0 Å². The maximum Gasteiger partial charge on any atom is 0.260 e. The van der Waals surface area contributed by atoms with Crippen molar-refractivity contribution in [3.63, 3.8) is 0 Å². The van der Waals surface area contributed by atoms with Gasteiger partial charge < -0.3 is 25.0 Å². The molecule has 0 aliphatic carbocycles. The van der Waals surface area contributed by atoms with E-state index in [0.717, 1.165) is 18.4 Å². The number of carbonyl (C=O) groups excluding carboxylic acids is 2. The fourth-order valence-corrected chi connectivity index (χ4v) is 6.87. The number of benzene rings is 1. The summed E-state index contributed by atoms with van der Waals surface area (Å²) in [6.45, 7) is 8.65. The van der Waals surface area contributed by atoms with Crippen molar-refractivity contribution in [3.8, 4) is 11.5 Å². The van der Waals surface area contributed by atoms with Crippen molar-refractivity contribution in [2.45, 2.75) is 69.1 Å². The highest BCUT2D eigenvalue weighted by molar-refractivity contribution is 7.99. The summed E-state index contributed by atoms with van der Waals surface area (Å²) in [6.07, 6.45) is 1.70. The molecule has 3 heterocycles. The molecule has 7 nitrogen and oxygen atoms in total. The predicted molar refractivity (Wildman–Crippen MR) is 117 cm³/mol. The van der Waals surface area contributed by atoms with E-state index >= 15 is 0 Å². The maximum atomic E-state index is 13.3. The first kappa shape index (κ1) is 21.3. The molecule has 30 heavy (non-hydrogen) atoms. The third kappa shape index (κ3) is 3.54. The summed E-state index contributed by atoms with van der Waals surface area (Å²) in [5.41, 5.74) is 1.28. The van der Waals surface area contributed by atoms with Crippen molar-refractivity contribution >= 4 is 23.6 Å². The van der Waals surface area contributed by atoms with E-state index in [1.165, 1.54) is 7.11 Å². The molecule has 164 valence electrons. The van der Waals surface area contributed by atoms with Crippen molar-refractivity contribution in [3.05, 3.63) is 23.3 Å². The van der Waals surface area contributed by atoms with Crippen LogP contribution in [0.25, 0.3) is 0 Å². The van der Waals surface area contributed by atoms with E-state index in [1.54, 1.807) is 23.8 Å². The lowest BCUT2D eigenvalue weighted by atomic mass is 9.79. The van der Waals surface area contributed by atoms with Crippen molar-refractivity contribution in [2.75, 3.05) is 20.0 Å². The molecule has 0 radical (unpaired) electrons. The number of thioether (sulfide) groups is 1. The molecule has 4 rings (SSSR count). The second-order valence-electron chi connectivity index (χ2n) is 9.69. The Hall–Kier alpha value is -1.93. The van der Waals surface area contributed by atoms with Gasteiger partial charge in [0.05, 0.1) is 19.8 Å². The number of rotatable bonds is 4. The number of piperidine rings is 1. The minimum absolute atomic E-state index is 0.0592.